The number of hydrogen-bond donors (Lipinski definition) is 2. The highest BCUT2D eigenvalue weighted by Crippen LogP contribution is 2.12. The zero-order chi connectivity index (χ0) is 11.7. The summed E-state index contributed by atoms with van der Waals surface area (Å²) >= 11 is 5.32. The molecule has 6 heteroatoms. The van der Waals surface area contributed by atoms with E-state index in [0.717, 1.165) is 16.6 Å². The van der Waals surface area contributed by atoms with Gasteiger partial charge in [-0.3, -0.25) is 4.79 Å². The van der Waals surface area contributed by atoms with Gasteiger partial charge in [-0.05, 0) is 29.3 Å². The highest BCUT2D eigenvalue weighted by Gasteiger charge is 2.06. The third-order valence-electron chi connectivity index (χ3n) is 2.30. The van der Waals surface area contributed by atoms with E-state index in [1.165, 1.54) is 4.90 Å². The van der Waals surface area contributed by atoms with Gasteiger partial charge in [-0.1, -0.05) is 6.07 Å². The first-order valence-electron chi connectivity index (χ1n) is 4.68. The fraction of sp³-hybridized carbons (Fsp3) is 0.200. The van der Waals surface area contributed by atoms with Crippen LogP contribution < -0.4 is 5.69 Å². The molecule has 2 rings (SSSR count). The minimum absolute atomic E-state index is 0.242. The van der Waals surface area contributed by atoms with Crippen LogP contribution in [0.2, 0.25) is 0 Å². The second kappa shape index (κ2) is 4.02. The van der Waals surface area contributed by atoms with Crippen LogP contribution in [0, 0.1) is 0 Å². The van der Waals surface area contributed by atoms with Gasteiger partial charge in [-0.15, -0.1) is 0 Å². The number of aromatic amines is 2. The average molecular weight is 240 g/mol. The number of fused-ring (bicyclic) bond motifs is 1. The number of carbonyl (C=O) groups excluding carboxylic acids is 1. The summed E-state index contributed by atoms with van der Waals surface area (Å²) in [5, 5.41) is -0.511. The molecule has 0 bridgehead atoms. The van der Waals surface area contributed by atoms with Crippen LogP contribution in [-0.2, 0) is 6.54 Å². The summed E-state index contributed by atoms with van der Waals surface area (Å²) in [6.07, 6.45) is 0. The second-order valence-electron chi connectivity index (χ2n) is 3.57. The van der Waals surface area contributed by atoms with Crippen molar-refractivity contribution in [3.8, 4) is 0 Å². The van der Waals surface area contributed by atoms with Gasteiger partial charge in [-0.2, -0.15) is 0 Å². The van der Waals surface area contributed by atoms with Crippen molar-refractivity contribution in [3.05, 3.63) is 34.2 Å². The molecule has 2 aromatic rings. The molecule has 0 aliphatic heterocycles. The minimum Gasteiger partial charge on any atom is -0.328 e. The maximum absolute atomic E-state index is 11.0. The van der Waals surface area contributed by atoms with Gasteiger partial charge in [-0.25, -0.2) is 4.79 Å². The lowest BCUT2D eigenvalue weighted by atomic mass is 10.2. The Labute approximate surface area is 96.0 Å². The molecule has 16 heavy (non-hydrogen) atoms. The second-order valence-corrected chi connectivity index (χ2v) is 3.89. The molecule has 0 saturated heterocycles. The quantitative estimate of drug-likeness (QED) is 0.618. The van der Waals surface area contributed by atoms with Crippen molar-refractivity contribution in [2.75, 3.05) is 7.05 Å². The van der Waals surface area contributed by atoms with Gasteiger partial charge in [0, 0.05) is 13.6 Å². The normalized spacial score (nSPS) is 10.6. The lowest BCUT2D eigenvalue weighted by Crippen LogP contribution is -2.19. The molecule has 1 amide bonds. The van der Waals surface area contributed by atoms with E-state index in [0.29, 0.717) is 6.54 Å². The van der Waals surface area contributed by atoms with Crippen molar-refractivity contribution in [2.24, 2.45) is 0 Å². The van der Waals surface area contributed by atoms with E-state index < -0.39 is 5.37 Å². The number of carbonyl (C=O) groups is 1. The van der Waals surface area contributed by atoms with Gasteiger partial charge in [0.1, 0.15) is 0 Å². The largest absolute Gasteiger partial charge is 0.328 e. The van der Waals surface area contributed by atoms with Crippen molar-refractivity contribution in [2.45, 2.75) is 6.54 Å². The molecule has 0 aliphatic rings. The van der Waals surface area contributed by atoms with Crippen molar-refractivity contribution < 1.29 is 4.79 Å². The molecule has 0 atom stereocenters. The SMILES string of the molecule is CN(Cc1ccc2[nH]c(=O)[nH]c2c1)C(=O)Cl. The molecule has 5 nitrogen and oxygen atoms in total. The van der Waals surface area contributed by atoms with Gasteiger partial charge in [0.05, 0.1) is 11.0 Å². The number of halogens is 1. The molecule has 0 unspecified atom stereocenters. The molecule has 0 radical (unpaired) electrons. The first-order valence-corrected chi connectivity index (χ1v) is 5.05. The van der Waals surface area contributed by atoms with Gasteiger partial charge >= 0.3 is 11.1 Å². The summed E-state index contributed by atoms with van der Waals surface area (Å²) in [5.74, 6) is 0. The molecule has 84 valence electrons. The van der Waals surface area contributed by atoms with Crippen LogP contribution in [-0.4, -0.2) is 27.3 Å². The minimum atomic E-state index is -0.511. The third kappa shape index (κ3) is 2.09. The summed E-state index contributed by atoms with van der Waals surface area (Å²) in [6, 6.07) is 5.43. The van der Waals surface area contributed by atoms with Crippen LogP contribution in [0.5, 0.6) is 0 Å². The molecule has 2 N–H and O–H groups in total. The van der Waals surface area contributed by atoms with Crippen LogP contribution >= 0.6 is 11.6 Å². The molecule has 1 heterocycles. The molecule has 0 fully saturated rings. The molecule has 0 spiro atoms. The van der Waals surface area contributed by atoms with Gasteiger partial charge in [0.15, 0.2) is 0 Å². The summed E-state index contributed by atoms with van der Waals surface area (Å²) in [7, 11) is 1.61. The first kappa shape index (κ1) is 10.8. The molecule has 0 saturated carbocycles. The van der Waals surface area contributed by atoms with Crippen molar-refractivity contribution in [1.82, 2.24) is 14.9 Å². The molecular weight excluding hydrogens is 230 g/mol. The summed E-state index contributed by atoms with van der Waals surface area (Å²) in [6.45, 7) is 0.408. The number of amides is 1. The van der Waals surface area contributed by atoms with Crippen LogP contribution in [0.15, 0.2) is 23.0 Å². The highest BCUT2D eigenvalue weighted by atomic mass is 35.5. The fourth-order valence-corrected chi connectivity index (χ4v) is 1.57. The van der Waals surface area contributed by atoms with Gasteiger partial charge < -0.3 is 14.9 Å². The number of nitrogens with zero attached hydrogens (tertiary/aromatic N) is 1. The Hall–Kier alpha value is -1.75. The van der Waals surface area contributed by atoms with E-state index in [4.69, 9.17) is 11.6 Å². The number of H-pyrrole nitrogens is 2. The predicted octanol–water partition coefficient (Wildman–Crippen LogP) is 1.65. The third-order valence-corrected chi connectivity index (χ3v) is 2.59. The van der Waals surface area contributed by atoms with E-state index in [1.807, 2.05) is 12.1 Å². The van der Waals surface area contributed by atoms with E-state index in [1.54, 1.807) is 13.1 Å². The maximum Gasteiger partial charge on any atom is 0.323 e. The molecular formula is C10H10ClN3O2. The highest BCUT2D eigenvalue weighted by molar-refractivity contribution is 6.62. The zero-order valence-electron chi connectivity index (χ0n) is 8.58. The Balaban J connectivity index is 2.32. The number of hydrogen-bond acceptors (Lipinski definition) is 2. The smallest absolute Gasteiger partial charge is 0.323 e. The Morgan fingerprint density at radius 3 is 2.75 bits per heavy atom. The van der Waals surface area contributed by atoms with Crippen molar-refractivity contribution >= 4 is 28.0 Å². The lowest BCUT2D eigenvalue weighted by Gasteiger charge is -2.12. The number of benzene rings is 1. The van der Waals surface area contributed by atoms with Crippen LogP contribution in [0.3, 0.4) is 0 Å². The standard InChI is InChI=1S/C10H10ClN3O2/c1-14(9(11)15)5-6-2-3-7-8(4-6)13-10(16)12-7/h2-4H,5H2,1H3,(H2,12,13,16). The summed E-state index contributed by atoms with van der Waals surface area (Å²) in [4.78, 5) is 28.6. The first-order chi connectivity index (χ1) is 7.56. The van der Waals surface area contributed by atoms with Crippen LogP contribution in [0.25, 0.3) is 11.0 Å². The van der Waals surface area contributed by atoms with Gasteiger partial charge in [0.25, 0.3) is 0 Å². The fourth-order valence-electron chi connectivity index (χ4n) is 1.51. The predicted molar refractivity (Wildman–Crippen MR) is 61.6 cm³/mol. The van der Waals surface area contributed by atoms with Crippen LogP contribution in [0.1, 0.15) is 5.56 Å². The molecule has 1 aromatic carbocycles. The van der Waals surface area contributed by atoms with E-state index in [9.17, 15) is 9.59 Å². The van der Waals surface area contributed by atoms with E-state index >= 15 is 0 Å². The summed E-state index contributed by atoms with van der Waals surface area (Å²) < 4.78 is 0. The molecule has 0 aliphatic carbocycles. The summed E-state index contributed by atoms with van der Waals surface area (Å²) in [5.41, 5.74) is 2.12. The maximum atomic E-state index is 11.0. The Morgan fingerprint density at radius 2 is 2.06 bits per heavy atom. The zero-order valence-corrected chi connectivity index (χ0v) is 9.34. The number of rotatable bonds is 2. The van der Waals surface area contributed by atoms with Gasteiger partial charge in [0.2, 0.25) is 0 Å². The number of nitrogens with one attached hydrogen (secondary N) is 2. The van der Waals surface area contributed by atoms with E-state index in [2.05, 4.69) is 9.97 Å². The Morgan fingerprint density at radius 1 is 1.38 bits per heavy atom. The topological polar surface area (TPSA) is 69.0 Å². The number of imidazole rings is 1. The Kier molecular flexibility index (Phi) is 2.70. The number of aromatic nitrogens is 2. The van der Waals surface area contributed by atoms with E-state index in [-0.39, 0.29) is 5.69 Å². The van der Waals surface area contributed by atoms with Crippen molar-refractivity contribution in [3.63, 3.8) is 0 Å². The average Bonchev–Trinajstić information content (AvgIpc) is 2.57. The van der Waals surface area contributed by atoms with Crippen LogP contribution in [0.4, 0.5) is 4.79 Å². The van der Waals surface area contributed by atoms with Crippen molar-refractivity contribution in [1.29, 1.82) is 0 Å². The lowest BCUT2D eigenvalue weighted by molar-refractivity contribution is 0.230. The Bertz CT molecular complexity index is 587. The molecule has 1 aromatic heterocycles. The monoisotopic (exact) mass is 239 g/mol.